The van der Waals surface area contributed by atoms with Gasteiger partial charge in [-0.1, -0.05) is 0 Å². The fraction of sp³-hybridized carbons (Fsp3) is 0.346. The minimum absolute atomic E-state index is 0.390. The first-order valence-corrected chi connectivity index (χ1v) is 12.5. The fourth-order valence-corrected chi connectivity index (χ4v) is 4.45. The van der Waals surface area contributed by atoms with Crippen molar-refractivity contribution in [3.63, 3.8) is 0 Å². The lowest BCUT2D eigenvalue weighted by Gasteiger charge is -2.30. The number of anilines is 4. The van der Waals surface area contributed by atoms with Crippen LogP contribution in [0.5, 0.6) is 0 Å². The molecule has 0 aliphatic carbocycles. The number of esters is 1. The minimum atomic E-state index is -0.390. The summed E-state index contributed by atoms with van der Waals surface area (Å²) in [5.74, 6) is 2.12. The molecule has 2 N–H and O–H groups in total. The smallest absolute Gasteiger partial charge is 0.337 e. The monoisotopic (exact) mass is 516 g/mol. The number of fused-ring (bicyclic) bond motifs is 1. The Morgan fingerprint density at radius 3 is 2.11 bits per heavy atom. The number of H-pyrrole nitrogens is 1. The van der Waals surface area contributed by atoms with Crippen molar-refractivity contribution in [2.75, 3.05) is 74.8 Å². The third kappa shape index (κ3) is 5.08. The maximum Gasteiger partial charge on any atom is 0.337 e. The number of nitrogens with one attached hydrogen (secondary N) is 2. The van der Waals surface area contributed by atoms with E-state index in [1.54, 1.807) is 18.2 Å². The van der Waals surface area contributed by atoms with Gasteiger partial charge in [0, 0.05) is 37.4 Å². The zero-order valence-corrected chi connectivity index (χ0v) is 21.0. The molecule has 6 rings (SSSR count). The summed E-state index contributed by atoms with van der Waals surface area (Å²) in [7, 11) is 1.36. The number of hydrogen-bond acceptors (Lipinski definition) is 11. The SMILES string of the molecule is COC(=O)c1ccc2nc(Nc3ccc(-c4nc(N5CCOCC5)nc(N5CCOCC5)n4)cc3)[nH]c2c1. The Morgan fingerprint density at radius 2 is 1.50 bits per heavy atom. The van der Waals surface area contributed by atoms with Crippen LogP contribution < -0.4 is 15.1 Å². The summed E-state index contributed by atoms with van der Waals surface area (Å²) in [4.78, 5) is 38.3. The Kier molecular flexibility index (Phi) is 6.71. The van der Waals surface area contributed by atoms with Gasteiger partial charge in [-0.2, -0.15) is 15.0 Å². The average molecular weight is 517 g/mol. The number of carbonyl (C=O) groups excluding carboxylic acids is 1. The predicted octanol–water partition coefficient (Wildman–Crippen LogP) is 2.62. The molecule has 2 fully saturated rings. The second-order valence-corrected chi connectivity index (χ2v) is 8.97. The van der Waals surface area contributed by atoms with Crippen molar-refractivity contribution in [1.82, 2.24) is 24.9 Å². The number of imidazole rings is 1. The van der Waals surface area contributed by atoms with Crippen LogP contribution in [0.2, 0.25) is 0 Å². The molecule has 4 aromatic rings. The van der Waals surface area contributed by atoms with Crippen LogP contribution in [0.15, 0.2) is 42.5 Å². The molecule has 0 unspecified atom stereocenters. The van der Waals surface area contributed by atoms with Crippen molar-refractivity contribution in [3.8, 4) is 11.4 Å². The Bertz CT molecular complexity index is 1390. The number of benzene rings is 2. The molecule has 0 radical (unpaired) electrons. The lowest BCUT2D eigenvalue weighted by Crippen LogP contribution is -2.40. The number of hydrogen-bond donors (Lipinski definition) is 2. The normalized spacial score (nSPS) is 16.0. The molecule has 12 nitrogen and oxygen atoms in total. The average Bonchev–Trinajstić information content (AvgIpc) is 3.39. The molecule has 2 aromatic heterocycles. The molecule has 38 heavy (non-hydrogen) atoms. The van der Waals surface area contributed by atoms with E-state index in [0.717, 1.165) is 48.5 Å². The van der Waals surface area contributed by atoms with Gasteiger partial charge >= 0.3 is 5.97 Å². The quantitative estimate of drug-likeness (QED) is 0.367. The number of ether oxygens (including phenoxy) is 3. The highest BCUT2D eigenvalue weighted by Crippen LogP contribution is 2.25. The summed E-state index contributed by atoms with van der Waals surface area (Å²) in [6.45, 7) is 5.59. The van der Waals surface area contributed by atoms with Gasteiger partial charge in [0.25, 0.3) is 0 Å². The van der Waals surface area contributed by atoms with Gasteiger partial charge in [0.05, 0.1) is 50.1 Å². The van der Waals surface area contributed by atoms with Gasteiger partial charge in [0.15, 0.2) is 5.82 Å². The topological polar surface area (TPSA) is 131 Å². The van der Waals surface area contributed by atoms with Gasteiger partial charge in [0.2, 0.25) is 17.8 Å². The zero-order chi connectivity index (χ0) is 25.9. The van der Waals surface area contributed by atoms with E-state index in [0.29, 0.717) is 55.7 Å². The van der Waals surface area contributed by atoms with Crippen molar-refractivity contribution in [1.29, 1.82) is 0 Å². The van der Waals surface area contributed by atoms with E-state index >= 15 is 0 Å². The van der Waals surface area contributed by atoms with E-state index in [1.165, 1.54) is 7.11 Å². The molecule has 0 spiro atoms. The highest BCUT2D eigenvalue weighted by Gasteiger charge is 2.21. The predicted molar refractivity (Wildman–Crippen MR) is 142 cm³/mol. The molecule has 2 aliphatic rings. The van der Waals surface area contributed by atoms with Gasteiger partial charge < -0.3 is 34.3 Å². The standard InChI is InChI=1S/C26H28N8O4/c1-36-23(35)18-4-7-20-21(16-18)29-24(28-20)27-19-5-2-17(3-6-19)22-30-25(33-8-12-37-13-9-33)32-26(31-22)34-10-14-38-15-11-34/h2-7,16H,8-15H2,1H3,(H2,27,28,29). The zero-order valence-electron chi connectivity index (χ0n) is 21.0. The number of carbonyl (C=O) groups is 1. The maximum absolute atomic E-state index is 11.8. The third-order valence-electron chi connectivity index (χ3n) is 6.51. The Morgan fingerprint density at radius 1 is 0.868 bits per heavy atom. The van der Waals surface area contributed by atoms with Gasteiger partial charge in [-0.3, -0.25) is 0 Å². The molecular formula is C26H28N8O4. The molecule has 2 aromatic carbocycles. The van der Waals surface area contributed by atoms with Crippen LogP contribution in [-0.2, 0) is 14.2 Å². The van der Waals surface area contributed by atoms with Gasteiger partial charge in [-0.05, 0) is 42.5 Å². The number of aromatic nitrogens is 5. The molecule has 2 aliphatic heterocycles. The second kappa shape index (κ2) is 10.6. The first kappa shape index (κ1) is 24.1. The molecule has 0 saturated carbocycles. The largest absolute Gasteiger partial charge is 0.465 e. The number of morpholine rings is 2. The van der Waals surface area contributed by atoms with Crippen LogP contribution in [-0.4, -0.2) is 90.6 Å². The van der Waals surface area contributed by atoms with Crippen molar-refractivity contribution >= 4 is 40.5 Å². The van der Waals surface area contributed by atoms with Gasteiger partial charge in [-0.15, -0.1) is 0 Å². The minimum Gasteiger partial charge on any atom is -0.465 e. The van der Waals surface area contributed by atoms with E-state index in [1.807, 2.05) is 24.3 Å². The van der Waals surface area contributed by atoms with E-state index in [4.69, 9.17) is 29.2 Å². The van der Waals surface area contributed by atoms with Crippen LogP contribution in [0, 0.1) is 0 Å². The second-order valence-electron chi connectivity index (χ2n) is 8.97. The maximum atomic E-state index is 11.8. The van der Waals surface area contributed by atoms with E-state index < -0.39 is 5.97 Å². The van der Waals surface area contributed by atoms with Crippen molar-refractivity contribution in [2.45, 2.75) is 0 Å². The number of nitrogens with zero attached hydrogens (tertiary/aromatic N) is 6. The van der Waals surface area contributed by atoms with E-state index in [9.17, 15) is 4.79 Å². The summed E-state index contributed by atoms with van der Waals surface area (Å²) in [5.41, 5.74) is 3.67. The summed E-state index contributed by atoms with van der Waals surface area (Å²) in [6, 6.07) is 13.1. The van der Waals surface area contributed by atoms with Crippen LogP contribution in [0.4, 0.5) is 23.5 Å². The molecule has 2 saturated heterocycles. The summed E-state index contributed by atoms with van der Waals surface area (Å²) >= 11 is 0. The summed E-state index contributed by atoms with van der Waals surface area (Å²) < 4.78 is 15.8. The van der Waals surface area contributed by atoms with E-state index in [-0.39, 0.29) is 0 Å². The first-order valence-electron chi connectivity index (χ1n) is 12.5. The van der Waals surface area contributed by atoms with E-state index in [2.05, 4.69) is 25.1 Å². The molecule has 0 bridgehead atoms. The Hall–Kier alpha value is -4.29. The van der Waals surface area contributed by atoms with Gasteiger partial charge in [-0.25, -0.2) is 9.78 Å². The number of methoxy groups -OCH3 is 1. The van der Waals surface area contributed by atoms with Crippen LogP contribution in [0.3, 0.4) is 0 Å². The third-order valence-corrected chi connectivity index (χ3v) is 6.51. The van der Waals surface area contributed by atoms with Crippen molar-refractivity contribution < 1.29 is 19.0 Å². The summed E-state index contributed by atoms with van der Waals surface area (Å²) in [6.07, 6.45) is 0. The molecule has 12 heteroatoms. The van der Waals surface area contributed by atoms with Crippen molar-refractivity contribution in [3.05, 3.63) is 48.0 Å². The first-order chi connectivity index (χ1) is 18.7. The highest BCUT2D eigenvalue weighted by molar-refractivity contribution is 5.94. The van der Waals surface area contributed by atoms with Crippen LogP contribution >= 0.6 is 0 Å². The molecule has 4 heterocycles. The highest BCUT2D eigenvalue weighted by atomic mass is 16.5. The lowest BCUT2D eigenvalue weighted by molar-refractivity contribution is 0.0601. The summed E-state index contributed by atoms with van der Waals surface area (Å²) in [5, 5.41) is 3.28. The number of aromatic amines is 1. The van der Waals surface area contributed by atoms with Crippen LogP contribution in [0.1, 0.15) is 10.4 Å². The molecule has 0 amide bonds. The number of rotatable bonds is 6. The Labute approximate surface area is 219 Å². The Balaban J connectivity index is 1.25. The fourth-order valence-electron chi connectivity index (χ4n) is 4.45. The van der Waals surface area contributed by atoms with Crippen LogP contribution in [0.25, 0.3) is 22.4 Å². The molecule has 196 valence electrons. The molecule has 0 atom stereocenters. The van der Waals surface area contributed by atoms with Crippen molar-refractivity contribution in [2.24, 2.45) is 0 Å². The molecular weight excluding hydrogens is 488 g/mol. The van der Waals surface area contributed by atoms with Gasteiger partial charge in [0.1, 0.15) is 0 Å². The lowest BCUT2D eigenvalue weighted by atomic mass is 10.2.